The molecule has 42 heavy (non-hydrogen) atoms. The molecule has 0 saturated heterocycles. The van der Waals surface area contributed by atoms with E-state index in [1.165, 1.54) is 0 Å². The first kappa shape index (κ1) is 28.4. The average molecular weight is 577 g/mol. The molecule has 4 aromatic rings. The van der Waals surface area contributed by atoms with Crippen LogP contribution in [0.5, 0.6) is 11.8 Å². The summed E-state index contributed by atoms with van der Waals surface area (Å²) in [6.45, 7) is 10.1. The molecule has 1 fully saturated rings. The van der Waals surface area contributed by atoms with Crippen molar-refractivity contribution in [3.8, 4) is 23.0 Å². The summed E-state index contributed by atoms with van der Waals surface area (Å²) in [5.74, 6) is 1.21. The molecule has 12 nitrogen and oxygen atoms in total. The first-order chi connectivity index (χ1) is 20.3. The number of ether oxygens (including phenoxy) is 3. The molecule has 0 aromatic carbocycles. The minimum absolute atomic E-state index is 0.0281. The summed E-state index contributed by atoms with van der Waals surface area (Å²) in [5.41, 5.74) is 6.69. The van der Waals surface area contributed by atoms with E-state index in [2.05, 4.69) is 22.0 Å². The van der Waals surface area contributed by atoms with Crippen LogP contribution in [-0.2, 0) is 24.9 Å². The van der Waals surface area contributed by atoms with Crippen LogP contribution in [0, 0.1) is 6.92 Å². The van der Waals surface area contributed by atoms with Gasteiger partial charge in [-0.3, -0.25) is 19.7 Å². The number of fused-ring (bicyclic) bond motifs is 4. The third kappa shape index (κ3) is 5.18. The molecule has 1 aliphatic heterocycles. The van der Waals surface area contributed by atoms with Crippen LogP contribution in [-0.4, -0.2) is 83.8 Å². The lowest BCUT2D eigenvalue weighted by Gasteiger charge is -2.27. The van der Waals surface area contributed by atoms with Crippen molar-refractivity contribution in [2.75, 3.05) is 26.9 Å². The molecule has 2 atom stereocenters. The van der Waals surface area contributed by atoms with Gasteiger partial charge in [0, 0.05) is 38.7 Å². The maximum atomic E-state index is 10.1. The Hall–Kier alpha value is -3.74. The SMILES string of the molecule is CCOc1nn([C@@H](C)CO)c2c1/C=C/c1[nH]nc3c(C)nc(cc13)-c1c(COC)nn(C)c1O[C@@H](C)CN(C1CC1)C2. The van der Waals surface area contributed by atoms with Crippen LogP contribution in [0.4, 0.5) is 0 Å². The molecule has 1 aliphatic carbocycles. The Morgan fingerprint density at radius 2 is 2.05 bits per heavy atom. The van der Waals surface area contributed by atoms with Gasteiger partial charge in [0.1, 0.15) is 17.3 Å². The van der Waals surface area contributed by atoms with Crippen LogP contribution >= 0.6 is 0 Å². The lowest BCUT2D eigenvalue weighted by atomic mass is 10.1. The van der Waals surface area contributed by atoms with Gasteiger partial charge in [-0.25, -0.2) is 4.68 Å². The van der Waals surface area contributed by atoms with Crippen molar-refractivity contribution in [2.45, 2.75) is 71.9 Å². The fraction of sp³-hybridized carbons (Fsp3) is 0.533. The predicted octanol–water partition coefficient (Wildman–Crippen LogP) is 3.88. The normalized spacial score (nSPS) is 19.2. The number of hydrogen-bond donors (Lipinski definition) is 2. The van der Waals surface area contributed by atoms with Gasteiger partial charge in [-0.15, -0.1) is 5.10 Å². The van der Waals surface area contributed by atoms with Gasteiger partial charge in [0.05, 0.1) is 59.8 Å². The molecular weight excluding hydrogens is 536 g/mol. The first-order valence-electron chi connectivity index (χ1n) is 14.7. The summed E-state index contributed by atoms with van der Waals surface area (Å²) in [6, 6.07) is 2.28. The molecule has 0 unspecified atom stereocenters. The van der Waals surface area contributed by atoms with Crippen molar-refractivity contribution in [1.29, 1.82) is 0 Å². The second kappa shape index (κ2) is 11.5. The minimum Gasteiger partial charge on any atom is -0.476 e. The summed E-state index contributed by atoms with van der Waals surface area (Å²) in [6.07, 6.45) is 6.20. The zero-order valence-electron chi connectivity index (χ0n) is 25.2. The smallest absolute Gasteiger partial charge is 0.240 e. The Labute approximate surface area is 245 Å². The fourth-order valence-electron chi connectivity index (χ4n) is 5.80. The fourth-order valence-corrected chi connectivity index (χ4v) is 5.80. The van der Waals surface area contributed by atoms with Crippen molar-refractivity contribution in [2.24, 2.45) is 7.05 Å². The van der Waals surface area contributed by atoms with Crippen molar-refractivity contribution in [1.82, 2.24) is 39.6 Å². The van der Waals surface area contributed by atoms with Crippen LogP contribution in [0.1, 0.15) is 68.0 Å². The van der Waals surface area contributed by atoms with Crippen molar-refractivity contribution in [3.63, 3.8) is 0 Å². The highest BCUT2D eigenvalue weighted by atomic mass is 16.5. The highest BCUT2D eigenvalue weighted by Gasteiger charge is 2.34. The maximum absolute atomic E-state index is 10.1. The number of aromatic amines is 1. The molecule has 2 bridgehead atoms. The second-order valence-corrected chi connectivity index (χ2v) is 11.3. The van der Waals surface area contributed by atoms with E-state index in [4.69, 9.17) is 29.4 Å². The van der Waals surface area contributed by atoms with Gasteiger partial charge in [-0.1, -0.05) is 0 Å². The van der Waals surface area contributed by atoms with Gasteiger partial charge in [0.2, 0.25) is 11.8 Å². The number of pyridine rings is 1. The molecule has 5 heterocycles. The standard InChI is InChI=1S/C30H40N8O4/c1-7-41-29-21-10-11-23-22-12-24(31-19(4)28(22)33-32-23)27-25(16-40-6)34-36(5)30(27)42-18(3)13-37(20-8-9-20)14-26(21)38(35-29)17(2)15-39/h10-12,17-18,20,39H,7-9,13-16H2,1-6H3,(H,32,33)/b11-10+/t17-,18-/m0/s1. The van der Waals surface area contributed by atoms with Crippen LogP contribution in [0.3, 0.4) is 0 Å². The number of aliphatic hydroxyl groups is 1. The summed E-state index contributed by atoms with van der Waals surface area (Å²) in [5, 5.41) is 28.4. The van der Waals surface area contributed by atoms with Crippen molar-refractivity contribution < 1.29 is 19.3 Å². The molecule has 6 rings (SSSR count). The van der Waals surface area contributed by atoms with Gasteiger partial charge in [0.25, 0.3) is 0 Å². The number of hydrogen-bond acceptors (Lipinski definition) is 9. The highest BCUT2D eigenvalue weighted by Crippen LogP contribution is 2.38. The molecule has 12 heteroatoms. The quantitative estimate of drug-likeness (QED) is 0.337. The van der Waals surface area contributed by atoms with Gasteiger partial charge in [0.15, 0.2) is 0 Å². The summed E-state index contributed by atoms with van der Waals surface area (Å²) >= 11 is 0. The topological polar surface area (TPSA) is 128 Å². The molecule has 2 N–H and O–H groups in total. The number of rotatable bonds is 7. The summed E-state index contributed by atoms with van der Waals surface area (Å²) in [4.78, 5) is 7.40. The van der Waals surface area contributed by atoms with Crippen LogP contribution in [0.2, 0.25) is 0 Å². The van der Waals surface area contributed by atoms with Crippen LogP contribution in [0.25, 0.3) is 34.3 Å². The summed E-state index contributed by atoms with van der Waals surface area (Å²) < 4.78 is 21.9. The number of nitrogens with zero attached hydrogens (tertiary/aromatic N) is 7. The number of aryl methyl sites for hydroxylation is 2. The Kier molecular flexibility index (Phi) is 7.77. The lowest BCUT2D eigenvalue weighted by Crippen LogP contribution is -2.36. The van der Waals surface area contributed by atoms with E-state index < -0.39 is 0 Å². The number of aliphatic hydroxyl groups excluding tert-OH is 1. The van der Waals surface area contributed by atoms with Crippen LogP contribution in [0.15, 0.2) is 6.07 Å². The third-order valence-corrected chi connectivity index (χ3v) is 7.97. The highest BCUT2D eigenvalue weighted by molar-refractivity contribution is 5.93. The van der Waals surface area contributed by atoms with E-state index in [1.54, 1.807) is 11.8 Å². The van der Waals surface area contributed by atoms with Gasteiger partial charge in [-0.05, 0) is 58.8 Å². The van der Waals surface area contributed by atoms with Crippen molar-refractivity contribution >= 4 is 23.1 Å². The number of nitrogens with one attached hydrogen (secondary N) is 1. The van der Waals surface area contributed by atoms with Gasteiger partial charge < -0.3 is 19.3 Å². The first-order valence-corrected chi connectivity index (χ1v) is 14.7. The maximum Gasteiger partial charge on any atom is 0.240 e. The molecule has 0 spiro atoms. The summed E-state index contributed by atoms with van der Waals surface area (Å²) in [7, 11) is 3.56. The van der Waals surface area contributed by atoms with E-state index in [0.29, 0.717) is 44.1 Å². The number of H-pyrrole nitrogens is 1. The largest absolute Gasteiger partial charge is 0.476 e. The van der Waals surface area contributed by atoms with E-state index in [-0.39, 0.29) is 18.8 Å². The average Bonchev–Trinajstić information content (AvgIpc) is 3.55. The molecule has 0 amide bonds. The van der Waals surface area contributed by atoms with E-state index in [1.807, 2.05) is 50.7 Å². The zero-order valence-corrected chi connectivity index (χ0v) is 25.2. The van der Waals surface area contributed by atoms with E-state index in [0.717, 1.165) is 63.3 Å². The molecular formula is C30H40N8O4. The Bertz CT molecular complexity index is 1620. The monoisotopic (exact) mass is 576 g/mol. The van der Waals surface area contributed by atoms with Gasteiger partial charge in [-0.2, -0.15) is 10.2 Å². The number of aromatic nitrogens is 7. The molecule has 0 radical (unpaired) electrons. The van der Waals surface area contributed by atoms with Gasteiger partial charge >= 0.3 is 0 Å². The Morgan fingerprint density at radius 3 is 2.76 bits per heavy atom. The van der Waals surface area contributed by atoms with Crippen molar-refractivity contribution in [3.05, 3.63) is 34.4 Å². The molecule has 224 valence electrons. The Morgan fingerprint density at radius 1 is 1.24 bits per heavy atom. The Balaban J connectivity index is 1.58. The molecule has 1 saturated carbocycles. The second-order valence-electron chi connectivity index (χ2n) is 11.3. The van der Waals surface area contributed by atoms with E-state index in [9.17, 15) is 5.11 Å². The molecule has 2 aliphatic rings. The lowest BCUT2D eigenvalue weighted by molar-refractivity contribution is 0.124. The predicted molar refractivity (Wildman–Crippen MR) is 159 cm³/mol. The zero-order chi connectivity index (χ0) is 29.5. The van der Waals surface area contributed by atoms with E-state index >= 15 is 0 Å². The third-order valence-electron chi connectivity index (χ3n) is 7.97. The minimum atomic E-state index is -0.210. The van der Waals surface area contributed by atoms with Crippen LogP contribution < -0.4 is 9.47 Å². The number of methoxy groups -OCH3 is 1. The molecule has 4 aromatic heterocycles.